The van der Waals surface area contributed by atoms with Gasteiger partial charge >= 0.3 is 0 Å². The number of benzene rings is 1. The van der Waals surface area contributed by atoms with Gasteiger partial charge in [-0.2, -0.15) is 0 Å². The zero-order valence-electron chi connectivity index (χ0n) is 13.1. The van der Waals surface area contributed by atoms with Gasteiger partial charge in [0.05, 0.1) is 13.7 Å². The van der Waals surface area contributed by atoms with Gasteiger partial charge in [-0.1, -0.05) is 19.4 Å². The zero-order valence-corrected chi connectivity index (χ0v) is 13.1. The molecule has 0 saturated heterocycles. The van der Waals surface area contributed by atoms with Gasteiger partial charge in [-0.15, -0.1) is 0 Å². The molecule has 0 atom stereocenters. The molecule has 1 rings (SSSR count). The number of rotatable bonds is 7. The topological polar surface area (TPSA) is 45.7 Å². The number of guanidine groups is 1. The summed E-state index contributed by atoms with van der Waals surface area (Å²) < 4.78 is 5.29. The summed E-state index contributed by atoms with van der Waals surface area (Å²) in [6.07, 6.45) is 2.34. The standard InChI is InChI=1S/C16H27N3O/c1-5-7-8-18-16(17-6-2)19-12-14-9-13(3)10-15(11-14)20-4/h9-11H,5-8,12H2,1-4H3,(H2,17,18,19). The molecule has 0 aliphatic rings. The van der Waals surface area contributed by atoms with E-state index in [1.54, 1.807) is 7.11 Å². The molecule has 0 radical (unpaired) electrons. The number of aliphatic imine (C=N–C) groups is 1. The molecule has 1 aromatic carbocycles. The Hall–Kier alpha value is -1.71. The molecule has 1 aromatic rings. The van der Waals surface area contributed by atoms with Crippen LogP contribution in [0.4, 0.5) is 0 Å². The lowest BCUT2D eigenvalue weighted by Crippen LogP contribution is -2.37. The second-order valence-corrected chi connectivity index (χ2v) is 4.83. The Bertz CT molecular complexity index is 430. The zero-order chi connectivity index (χ0) is 14.8. The molecule has 4 nitrogen and oxygen atoms in total. The number of methoxy groups -OCH3 is 1. The molecule has 0 unspecified atom stereocenters. The van der Waals surface area contributed by atoms with E-state index < -0.39 is 0 Å². The van der Waals surface area contributed by atoms with Crippen LogP contribution in [0.5, 0.6) is 5.75 Å². The average Bonchev–Trinajstić information content (AvgIpc) is 2.44. The molecule has 0 amide bonds. The molecule has 0 fully saturated rings. The summed E-state index contributed by atoms with van der Waals surface area (Å²) in [4.78, 5) is 4.61. The van der Waals surface area contributed by atoms with E-state index in [1.807, 2.05) is 12.1 Å². The summed E-state index contributed by atoms with van der Waals surface area (Å²) in [7, 11) is 1.69. The van der Waals surface area contributed by atoms with E-state index in [0.29, 0.717) is 6.54 Å². The van der Waals surface area contributed by atoms with Crippen molar-refractivity contribution in [2.75, 3.05) is 20.2 Å². The van der Waals surface area contributed by atoms with Crippen molar-refractivity contribution in [1.82, 2.24) is 10.6 Å². The van der Waals surface area contributed by atoms with E-state index in [1.165, 1.54) is 12.0 Å². The first-order valence-corrected chi connectivity index (χ1v) is 7.36. The maximum Gasteiger partial charge on any atom is 0.191 e. The Kier molecular flexibility index (Phi) is 7.55. The highest BCUT2D eigenvalue weighted by molar-refractivity contribution is 5.79. The second-order valence-electron chi connectivity index (χ2n) is 4.83. The normalized spacial score (nSPS) is 11.3. The van der Waals surface area contributed by atoms with E-state index >= 15 is 0 Å². The van der Waals surface area contributed by atoms with Crippen molar-refractivity contribution in [1.29, 1.82) is 0 Å². The number of nitrogens with zero attached hydrogens (tertiary/aromatic N) is 1. The van der Waals surface area contributed by atoms with Gasteiger partial charge in [-0.25, -0.2) is 4.99 Å². The number of unbranched alkanes of at least 4 members (excludes halogenated alkanes) is 1. The SMILES string of the molecule is CCCCNC(=NCc1cc(C)cc(OC)c1)NCC. The van der Waals surface area contributed by atoms with Gasteiger partial charge in [0, 0.05) is 13.1 Å². The van der Waals surface area contributed by atoms with Gasteiger partial charge in [0.2, 0.25) is 0 Å². The van der Waals surface area contributed by atoms with Crippen LogP contribution in [0.1, 0.15) is 37.8 Å². The molecule has 4 heteroatoms. The highest BCUT2D eigenvalue weighted by Crippen LogP contribution is 2.16. The molecule has 2 N–H and O–H groups in total. The van der Waals surface area contributed by atoms with Crippen molar-refractivity contribution in [2.24, 2.45) is 4.99 Å². The third-order valence-corrected chi connectivity index (χ3v) is 2.93. The molecule has 0 aliphatic heterocycles. The van der Waals surface area contributed by atoms with Crippen molar-refractivity contribution < 1.29 is 4.74 Å². The van der Waals surface area contributed by atoms with Crippen LogP contribution >= 0.6 is 0 Å². The highest BCUT2D eigenvalue weighted by atomic mass is 16.5. The Morgan fingerprint density at radius 2 is 2.00 bits per heavy atom. The van der Waals surface area contributed by atoms with Crippen LogP contribution < -0.4 is 15.4 Å². The van der Waals surface area contributed by atoms with Gasteiger partial charge in [0.25, 0.3) is 0 Å². The van der Waals surface area contributed by atoms with Crippen LogP contribution in [0.2, 0.25) is 0 Å². The van der Waals surface area contributed by atoms with Gasteiger partial charge in [-0.05, 0) is 43.5 Å². The Morgan fingerprint density at radius 3 is 2.65 bits per heavy atom. The van der Waals surface area contributed by atoms with Crippen LogP contribution in [-0.4, -0.2) is 26.2 Å². The number of nitrogens with one attached hydrogen (secondary N) is 2. The maximum atomic E-state index is 5.29. The lowest BCUT2D eigenvalue weighted by molar-refractivity contribution is 0.414. The quantitative estimate of drug-likeness (QED) is 0.457. The van der Waals surface area contributed by atoms with Crippen molar-refractivity contribution in [3.8, 4) is 5.75 Å². The molecule has 0 aromatic heterocycles. The van der Waals surface area contributed by atoms with Gasteiger partial charge in [0.15, 0.2) is 5.96 Å². The third kappa shape index (κ3) is 5.95. The molecular formula is C16H27N3O. The summed E-state index contributed by atoms with van der Waals surface area (Å²) in [5.41, 5.74) is 2.35. The largest absolute Gasteiger partial charge is 0.497 e. The monoisotopic (exact) mass is 277 g/mol. The predicted molar refractivity (Wildman–Crippen MR) is 85.5 cm³/mol. The highest BCUT2D eigenvalue weighted by Gasteiger charge is 2.00. The van der Waals surface area contributed by atoms with Crippen LogP contribution in [0.3, 0.4) is 0 Å². The molecule has 112 valence electrons. The summed E-state index contributed by atoms with van der Waals surface area (Å²) >= 11 is 0. The lowest BCUT2D eigenvalue weighted by Gasteiger charge is -2.11. The second kappa shape index (κ2) is 9.23. The minimum atomic E-state index is 0.652. The summed E-state index contributed by atoms with van der Waals surface area (Å²) in [6, 6.07) is 6.20. The van der Waals surface area contributed by atoms with Crippen molar-refractivity contribution in [3.05, 3.63) is 29.3 Å². The first-order chi connectivity index (χ1) is 9.69. The number of hydrogen-bond donors (Lipinski definition) is 2. The fourth-order valence-electron chi connectivity index (χ4n) is 1.93. The van der Waals surface area contributed by atoms with Crippen LogP contribution in [0.25, 0.3) is 0 Å². The third-order valence-electron chi connectivity index (χ3n) is 2.93. The molecule has 20 heavy (non-hydrogen) atoms. The smallest absolute Gasteiger partial charge is 0.191 e. The fourth-order valence-corrected chi connectivity index (χ4v) is 1.93. The average molecular weight is 277 g/mol. The Balaban J connectivity index is 2.67. The van der Waals surface area contributed by atoms with Gasteiger partial charge in [-0.3, -0.25) is 0 Å². The minimum absolute atomic E-state index is 0.652. The maximum absolute atomic E-state index is 5.29. The predicted octanol–water partition coefficient (Wildman–Crippen LogP) is 2.86. The van der Waals surface area contributed by atoms with Gasteiger partial charge < -0.3 is 15.4 Å². The van der Waals surface area contributed by atoms with E-state index in [-0.39, 0.29) is 0 Å². The molecule has 0 spiro atoms. The Morgan fingerprint density at radius 1 is 1.20 bits per heavy atom. The lowest BCUT2D eigenvalue weighted by atomic mass is 10.1. The summed E-state index contributed by atoms with van der Waals surface area (Å²) in [6.45, 7) is 8.81. The van der Waals surface area contributed by atoms with Crippen molar-refractivity contribution in [2.45, 2.75) is 40.2 Å². The van der Waals surface area contributed by atoms with Gasteiger partial charge in [0.1, 0.15) is 5.75 Å². The first kappa shape index (κ1) is 16.3. The minimum Gasteiger partial charge on any atom is -0.497 e. The van der Waals surface area contributed by atoms with Crippen molar-refractivity contribution in [3.63, 3.8) is 0 Å². The fraction of sp³-hybridized carbons (Fsp3) is 0.562. The van der Waals surface area contributed by atoms with E-state index in [4.69, 9.17) is 4.74 Å². The summed E-state index contributed by atoms with van der Waals surface area (Å²) in [5, 5.41) is 6.61. The van der Waals surface area contributed by atoms with Crippen LogP contribution in [0.15, 0.2) is 23.2 Å². The summed E-state index contributed by atoms with van der Waals surface area (Å²) in [5.74, 6) is 1.76. The molecule has 0 aliphatic carbocycles. The molecule has 0 saturated carbocycles. The Labute approximate surface area is 122 Å². The molecule has 0 heterocycles. The van der Waals surface area contributed by atoms with Crippen LogP contribution in [-0.2, 0) is 6.54 Å². The molecule has 0 bridgehead atoms. The van der Waals surface area contributed by atoms with E-state index in [2.05, 4.69) is 42.5 Å². The van der Waals surface area contributed by atoms with E-state index in [0.717, 1.165) is 36.8 Å². The van der Waals surface area contributed by atoms with Crippen LogP contribution in [0, 0.1) is 6.92 Å². The number of aryl methyl sites for hydroxylation is 1. The first-order valence-electron chi connectivity index (χ1n) is 7.36. The number of ether oxygens (including phenoxy) is 1. The van der Waals surface area contributed by atoms with E-state index in [9.17, 15) is 0 Å². The number of hydrogen-bond acceptors (Lipinski definition) is 2. The van der Waals surface area contributed by atoms with Crippen molar-refractivity contribution >= 4 is 5.96 Å². The molecular weight excluding hydrogens is 250 g/mol.